The third-order valence-electron chi connectivity index (χ3n) is 12.4. The smallest absolute Gasteiger partial charge is 0.408 e. The van der Waals surface area contributed by atoms with Crippen molar-refractivity contribution < 1.29 is 37.1 Å². The quantitative estimate of drug-likeness (QED) is 0.147. The number of benzene rings is 2. The van der Waals surface area contributed by atoms with Crippen LogP contribution in [0, 0.1) is 5.92 Å². The number of rotatable bonds is 9. The van der Waals surface area contributed by atoms with Crippen molar-refractivity contribution in [3.8, 4) is 27.8 Å². The molecule has 2 aliphatic carbocycles. The third kappa shape index (κ3) is 9.22. The number of thiazole rings is 1. The summed E-state index contributed by atoms with van der Waals surface area (Å²) in [5.74, 6) is -2.37. The van der Waals surface area contributed by atoms with Crippen molar-refractivity contribution in [1.29, 1.82) is 0 Å². The summed E-state index contributed by atoms with van der Waals surface area (Å²) in [6.07, 6.45) is 6.59. The molecule has 4 aliphatic rings. The monoisotopic (exact) mass is 899 g/mol. The average Bonchev–Trinajstić information content (AvgIpc) is 3.89. The largest absolute Gasteiger partial charge is 0.459 e. The second kappa shape index (κ2) is 17.0. The predicted octanol–water partition coefficient (Wildman–Crippen LogP) is 7.04. The molecule has 5 atom stereocenters. The lowest BCUT2D eigenvalue weighted by molar-refractivity contribution is -0.141. The molecule has 17 heteroatoms. The summed E-state index contributed by atoms with van der Waals surface area (Å²) in [5, 5.41) is 8.60. The van der Waals surface area contributed by atoms with Crippen LogP contribution >= 0.6 is 11.3 Å². The van der Waals surface area contributed by atoms with Crippen LogP contribution in [-0.2, 0) is 29.1 Å². The molecule has 3 N–H and O–H groups in total. The molecule has 1 saturated heterocycles. The second-order valence-corrected chi connectivity index (χ2v) is 21.9. The van der Waals surface area contributed by atoms with E-state index in [1.54, 1.807) is 39.0 Å². The number of imidazole rings is 1. The fourth-order valence-electron chi connectivity index (χ4n) is 8.54. The van der Waals surface area contributed by atoms with Crippen LogP contribution in [0.1, 0.15) is 105 Å². The van der Waals surface area contributed by atoms with Gasteiger partial charge in [0.15, 0.2) is 0 Å². The molecule has 2 saturated carbocycles. The summed E-state index contributed by atoms with van der Waals surface area (Å²) in [7, 11) is -4.01. The molecule has 3 fully saturated rings. The number of para-hydroxylation sites is 1. The van der Waals surface area contributed by atoms with E-state index in [1.165, 1.54) is 4.90 Å². The van der Waals surface area contributed by atoms with Crippen LogP contribution in [-0.4, -0.2) is 92.3 Å². The Bertz CT molecular complexity index is 2540. The molecule has 8 rings (SSSR count). The molecule has 4 aromatic rings. The highest BCUT2D eigenvalue weighted by Crippen LogP contribution is 2.48. The van der Waals surface area contributed by atoms with E-state index in [2.05, 4.69) is 15.4 Å². The van der Waals surface area contributed by atoms with Crippen molar-refractivity contribution in [2.75, 3.05) is 6.54 Å². The number of nitrogens with one attached hydrogen (secondary N) is 3. The van der Waals surface area contributed by atoms with Gasteiger partial charge in [0, 0.05) is 34.9 Å². The number of aromatic nitrogens is 3. The summed E-state index contributed by atoms with van der Waals surface area (Å²) in [5.41, 5.74) is 1.77. The molecule has 4 amide bonds. The molecule has 0 radical (unpaired) electrons. The molecule has 0 unspecified atom stereocenters. The van der Waals surface area contributed by atoms with Gasteiger partial charge in [-0.2, -0.15) is 4.98 Å². The van der Waals surface area contributed by atoms with Crippen LogP contribution in [0.3, 0.4) is 0 Å². The maximum atomic E-state index is 14.8. The van der Waals surface area contributed by atoms with Crippen molar-refractivity contribution in [1.82, 2.24) is 34.8 Å². The van der Waals surface area contributed by atoms with E-state index >= 15 is 0 Å². The van der Waals surface area contributed by atoms with E-state index in [-0.39, 0.29) is 25.4 Å². The molecular weight excluding hydrogens is 843 g/mol. The summed E-state index contributed by atoms with van der Waals surface area (Å²) in [4.78, 5) is 68.1. The number of amides is 4. The van der Waals surface area contributed by atoms with Crippen LogP contribution in [0.2, 0.25) is 0 Å². The van der Waals surface area contributed by atoms with E-state index in [0.29, 0.717) is 43.6 Å². The van der Waals surface area contributed by atoms with E-state index in [1.807, 2.05) is 84.5 Å². The molecule has 63 heavy (non-hydrogen) atoms. The van der Waals surface area contributed by atoms with Crippen LogP contribution in [0.4, 0.5) is 4.79 Å². The van der Waals surface area contributed by atoms with Gasteiger partial charge >= 0.3 is 6.09 Å². The first-order chi connectivity index (χ1) is 29.9. The molecule has 0 spiro atoms. The molecule has 2 aromatic carbocycles. The molecular formula is C46H57N7O8S2. The SMILES string of the molecule is CC(C)n1c(O[C@@H]2C[C@H]3C(=O)N[C@]4(C(=O)NS(=O)(=O)C5(C)CC5)C[C@H]4/C=C\CCCCC[C@H](NC(=O)OC(C)(C)C)C(=O)N3C2)nc2c(-c3csc(-c4ccccc4)n3)cccc21. The first-order valence-electron chi connectivity index (χ1n) is 21.9. The molecule has 0 bridgehead atoms. The summed E-state index contributed by atoms with van der Waals surface area (Å²) < 4.78 is 42.1. The predicted molar refractivity (Wildman–Crippen MR) is 240 cm³/mol. The number of sulfonamides is 1. The Morgan fingerprint density at radius 2 is 1.78 bits per heavy atom. The van der Waals surface area contributed by atoms with Gasteiger partial charge in [-0.1, -0.05) is 67.5 Å². The zero-order valence-electron chi connectivity index (χ0n) is 36.7. The Kier molecular flexibility index (Phi) is 12.0. The highest BCUT2D eigenvalue weighted by Gasteiger charge is 2.63. The number of allylic oxidation sites excluding steroid dienone is 1. The summed E-state index contributed by atoms with van der Waals surface area (Å²) in [6, 6.07) is 13.9. The minimum atomic E-state index is -4.01. The maximum absolute atomic E-state index is 14.8. The number of alkyl carbamates (subject to hydrolysis) is 1. The van der Waals surface area contributed by atoms with Crippen LogP contribution in [0.25, 0.3) is 32.9 Å². The Balaban J connectivity index is 1.12. The number of hydrogen-bond donors (Lipinski definition) is 3. The second-order valence-electron chi connectivity index (χ2n) is 18.8. The lowest BCUT2D eigenvalue weighted by Crippen LogP contribution is -2.58. The highest BCUT2D eigenvalue weighted by molar-refractivity contribution is 7.91. The minimum Gasteiger partial charge on any atom is -0.459 e. The number of hydrogen-bond acceptors (Lipinski definition) is 11. The van der Waals surface area contributed by atoms with Gasteiger partial charge < -0.3 is 25.0 Å². The maximum Gasteiger partial charge on any atom is 0.408 e. The Morgan fingerprint density at radius 1 is 1.02 bits per heavy atom. The van der Waals surface area contributed by atoms with Crippen molar-refractivity contribution in [3.05, 3.63) is 66.1 Å². The topological polar surface area (TPSA) is 191 Å². The minimum absolute atomic E-state index is 0.0284. The summed E-state index contributed by atoms with van der Waals surface area (Å²) in [6.45, 7) is 10.8. The van der Waals surface area contributed by atoms with Gasteiger partial charge in [0.25, 0.3) is 11.9 Å². The van der Waals surface area contributed by atoms with Gasteiger partial charge in [-0.3, -0.25) is 23.7 Å². The van der Waals surface area contributed by atoms with Gasteiger partial charge in [0.2, 0.25) is 21.8 Å². The number of fused-ring (bicyclic) bond motifs is 3. The molecule has 2 aliphatic heterocycles. The van der Waals surface area contributed by atoms with E-state index in [4.69, 9.17) is 19.4 Å². The van der Waals surface area contributed by atoms with Gasteiger partial charge in [-0.25, -0.2) is 18.2 Å². The van der Waals surface area contributed by atoms with Crippen LogP contribution in [0.15, 0.2) is 66.1 Å². The number of nitrogens with zero attached hydrogens (tertiary/aromatic N) is 4. The fourth-order valence-corrected chi connectivity index (χ4v) is 10.7. The Hall–Kier alpha value is -5.29. The molecule has 336 valence electrons. The van der Waals surface area contributed by atoms with Gasteiger partial charge in [0.05, 0.1) is 22.5 Å². The highest BCUT2D eigenvalue weighted by atomic mass is 32.2. The average molecular weight is 900 g/mol. The van der Waals surface area contributed by atoms with E-state index in [0.717, 1.165) is 40.2 Å². The summed E-state index contributed by atoms with van der Waals surface area (Å²) >= 11 is 1.55. The van der Waals surface area contributed by atoms with Gasteiger partial charge in [-0.15, -0.1) is 11.3 Å². The Labute approximate surface area is 372 Å². The first-order valence-corrected chi connectivity index (χ1v) is 24.3. The fraction of sp³-hybridized carbons (Fsp3) is 0.522. The third-order valence-corrected chi connectivity index (χ3v) is 15.5. The standard InChI is InChI=1S/C46H57N7O8S2/c1-28(2)53-35-21-15-19-32(34-27-62-39(47-34)29-16-11-10-12-17-29)37(35)49-42(53)60-31-24-36-38(54)50-46(41(56)51-63(58,59)45(6)22-23-45)25-30(46)18-13-8-7-9-14-20-33(40(55)52(36)26-31)48-43(57)61-44(3,4)5/h10-13,15-19,21,27-28,30-31,33,36H,7-9,14,20,22-26H2,1-6H3,(H,48,57)(H,50,54)(H,51,56)/b18-13-/t30-,31-,33+,36+,46-/m1/s1. The number of carbonyl (C=O) groups is 4. The molecule has 15 nitrogen and oxygen atoms in total. The van der Waals surface area contributed by atoms with Crippen LogP contribution in [0.5, 0.6) is 6.01 Å². The van der Waals surface area contributed by atoms with Crippen molar-refractivity contribution in [2.45, 2.75) is 139 Å². The normalized spacial score (nSPS) is 25.5. The zero-order valence-corrected chi connectivity index (χ0v) is 38.3. The van der Waals surface area contributed by atoms with Gasteiger partial charge in [-0.05, 0) is 86.1 Å². The van der Waals surface area contributed by atoms with E-state index < -0.39 is 73.8 Å². The number of ether oxygens (including phenoxy) is 2. The van der Waals surface area contributed by atoms with Crippen LogP contribution < -0.4 is 20.1 Å². The lowest BCUT2D eigenvalue weighted by Gasteiger charge is -2.30. The zero-order chi connectivity index (χ0) is 44.9. The number of carbonyl (C=O) groups excluding carboxylic acids is 4. The van der Waals surface area contributed by atoms with Gasteiger partial charge in [0.1, 0.15) is 39.9 Å². The van der Waals surface area contributed by atoms with Crippen molar-refractivity contribution in [3.63, 3.8) is 0 Å². The van der Waals surface area contributed by atoms with Crippen molar-refractivity contribution in [2.24, 2.45) is 5.92 Å². The Morgan fingerprint density at radius 3 is 2.49 bits per heavy atom. The van der Waals surface area contributed by atoms with E-state index in [9.17, 15) is 27.6 Å². The molecule has 2 aromatic heterocycles. The molecule has 4 heterocycles. The van der Waals surface area contributed by atoms with Crippen molar-refractivity contribution >= 4 is 56.2 Å². The lowest BCUT2D eigenvalue weighted by atomic mass is 10.0. The first kappa shape index (κ1) is 44.3.